The van der Waals surface area contributed by atoms with Crippen LogP contribution in [0.25, 0.3) is 11.0 Å². The molecule has 0 saturated carbocycles. The average Bonchev–Trinajstić information content (AvgIpc) is 3.20. The van der Waals surface area contributed by atoms with Gasteiger partial charge in [0, 0.05) is 18.0 Å². The maximum Gasteiger partial charge on any atom is 0.242 e. The number of hydrogen-bond acceptors (Lipinski definition) is 6. The summed E-state index contributed by atoms with van der Waals surface area (Å²) in [7, 11) is 0. The molecule has 4 heterocycles. The lowest BCUT2D eigenvalue weighted by Gasteiger charge is -2.27. The molecule has 0 unspecified atom stereocenters. The molecule has 112 valence electrons. The summed E-state index contributed by atoms with van der Waals surface area (Å²) >= 11 is 1.77. The second-order valence-corrected chi connectivity index (χ2v) is 6.14. The molecule has 1 aliphatic heterocycles. The Bertz CT molecular complexity index is 825. The van der Waals surface area contributed by atoms with Crippen LogP contribution in [-0.2, 0) is 17.8 Å². The molecule has 0 saturated heterocycles. The lowest BCUT2D eigenvalue weighted by atomic mass is 10.1. The van der Waals surface area contributed by atoms with Crippen LogP contribution in [0.15, 0.2) is 24.0 Å². The Morgan fingerprint density at radius 1 is 1.45 bits per heavy atom. The van der Waals surface area contributed by atoms with Gasteiger partial charge in [0.2, 0.25) is 5.91 Å². The van der Waals surface area contributed by atoms with Crippen LogP contribution in [-0.4, -0.2) is 44.1 Å². The molecule has 0 bridgehead atoms. The quantitative estimate of drug-likeness (QED) is 0.763. The molecule has 0 atom stereocenters. The normalized spacial score (nSPS) is 14.1. The Kier molecular flexibility index (Phi) is 3.23. The number of aromatic amines is 1. The number of H-pyrrole nitrogens is 1. The number of rotatable bonds is 3. The number of thiophene rings is 1. The summed E-state index contributed by atoms with van der Waals surface area (Å²) in [6.45, 7) is 1.69. The van der Waals surface area contributed by atoms with Gasteiger partial charge in [-0.15, -0.1) is 11.3 Å². The van der Waals surface area contributed by atoms with E-state index in [0.29, 0.717) is 18.0 Å². The van der Waals surface area contributed by atoms with Crippen molar-refractivity contribution in [2.75, 3.05) is 18.4 Å². The minimum atomic E-state index is 0.0760. The molecule has 0 aromatic carbocycles. The van der Waals surface area contributed by atoms with E-state index in [-0.39, 0.29) is 12.5 Å². The Hall–Kier alpha value is -2.48. The van der Waals surface area contributed by atoms with Gasteiger partial charge in [-0.3, -0.25) is 9.89 Å². The summed E-state index contributed by atoms with van der Waals surface area (Å²) < 4.78 is 0. The molecule has 0 radical (unpaired) electrons. The van der Waals surface area contributed by atoms with E-state index in [1.54, 1.807) is 17.5 Å². The Labute approximate surface area is 130 Å². The highest BCUT2D eigenvalue weighted by molar-refractivity contribution is 7.10. The van der Waals surface area contributed by atoms with E-state index >= 15 is 0 Å². The molecule has 1 amide bonds. The first-order chi connectivity index (χ1) is 10.8. The molecule has 4 rings (SSSR count). The van der Waals surface area contributed by atoms with Crippen molar-refractivity contribution in [2.45, 2.75) is 13.0 Å². The molecule has 0 aliphatic carbocycles. The highest BCUT2D eigenvalue weighted by atomic mass is 32.1. The van der Waals surface area contributed by atoms with Gasteiger partial charge in [0.15, 0.2) is 5.65 Å². The molecule has 8 heteroatoms. The maximum atomic E-state index is 12.4. The number of nitrogens with one attached hydrogen (secondary N) is 2. The lowest BCUT2D eigenvalue weighted by Crippen LogP contribution is -2.38. The molecule has 22 heavy (non-hydrogen) atoms. The minimum absolute atomic E-state index is 0.0760. The fraction of sp³-hybridized carbons (Fsp3) is 0.286. The van der Waals surface area contributed by atoms with Gasteiger partial charge in [-0.1, -0.05) is 0 Å². The second kappa shape index (κ2) is 5.38. The third-order valence-corrected chi connectivity index (χ3v) is 4.84. The fourth-order valence-corrected chi connectivity index (χ4v) is 3.53. The number of carbonyl (C=O) groups excluding carboxylic acids is 1. The summed E-state index contributed by atoms with van der Waals surface area (Å²) in [5.74, 6) is 0.701. The van der Waals surface area contributed by atoms with E-state index in [1.165, 1.54) is 16.8 Å². The molecule has 0 fully saturated rings. The van der Waals surface area contributed by atoms with Gasteiger partial charge in [-0.2, -0.15) is 5.10 Å². The summed E-state index contributed by atoms with van der Waals surface area (Å²) in [6, 6.07) is 2.10. The molecule has 1 aliphatic rings. The topological polar surface area (TPSA) is 86.8 Å². The number of fused-ring (bicyclic) bond motifs is 2. The molecule has 0 spiro atoms. The zero-order chi connectivity index (χ0) is 14.9. The lowest BCUT2D eigenvalue weighted by molar-refractivity contribution is -0.130. The second-order valence-electron chi connectivity index (χ2n) is 5.14. The van der Waals surface area contributed by atoms with Crippen LogP contribution in [0.1, 0.15) is 10.4 Å². The van der Waals surface area contributed by atoms with Crippen molar-refractivity contribution in [2.24, 2.45) is 0 Å². The largest absolute Gasteiger partial charge is 0.360 e. The Morgan fingerprint density at radius 3 is 3.36 bits per heavy atom. The van der Waals surface area contributed by atoms with E-state index < -0.39 is 0 Å². The van der Waals surface area contributed by atoms with E-state index in [1.807, 2.05) is 4.90 Å². The highest BCUT2D eigenvalue weighted by Gasteiger charge is 2.21. The third-order valence-electron chi connectivity index (χ3n) is 3.82. The highest BCUT2D eigenvalue weighted by Crippen LogP contribution is 2.24. The van der Waals surface area contributed by atoms with Gasteiger partial charge in [-0.05, 0) is 23.4 Å². The smallest absolute Gasteiger partial charge is 0.242 e. The van der Waals surface area contributed by atoms with E-state index in [9.17, 15) is 4.79 Å². The van der Waals surface area contributed by atoms with Crippen LogP contribution in [0, 0.1) is 0 Å². The van der Waals surface area contributed by atoms with Crippen molar-refractivity contribution in [1.82, 2.24) is 25.1 Å². The molecule has 3 aromatic rings. The van der Waals surface area contributed by atoms with Gasteiger partial charge in [0.05, 0.1) is 18.1 Å². The minimum Gasteiger partial charge on any atom is -0.360 e. The number of aromatic nitrogens is 4. The van der Waals surface area contributed by atoms with Crippen LogP contribution >= 0.6 is 11.3 Å². The van der Waals surface area contributed by atoms with Crippen molar-refractivity contribution < 1.29 is 4.79 Å². The molecule has 7 nitrogen and oxygen atoms in total. The number of carbonyl (C=O) groups is 1. The number of amides is 1. The number of nitrogens with zero attached hydrogens (tertiary/aromatic N) is 4. The SMILES string of the molecule is O=C(CNc1ncnc2[nH]ncc12)N1CCc2sccc2C1. The van der Waals surface area contributed by atoms with Crippen LogP contribution in [0.5, 0.6) is 0 Å². The van der Waals surface area contributed by atoms with Gasteiger partial charge < -0.3 is 10.2 Å². The summed E-state index contributed by atoms with van der Waals surface area (Å²) in [6.07, 6.45) is 4.05. The number of anilines is 1. The predicted molar refractivity (Wildman–Crippen MR) is 83.6 cm³/mol. The first kappa shape index (κ1) is 13.2. The van der Waals surface area contributed by atoms with Gasteiger partial charge >= 0.3 is 0 Å². The third kappa shape index (κ3) is 2.31. The van der Waals surface area contributed by atoms with Crippen LogP contribution in [0.3, 0.4) is 0 Å². The Balaban J connectivity index is 1.44. The van der Waals surface area contributed by atoms with Gasteiger partial charge in [-0.25, -0.2) is 9.97 Å². The van der Waals surface area contributed by atoms with Crippen LogP contribution in [0.2, 0.25) is 0 Å². The zero-order valence-corrected chi connectivity index (χ0v) is 12.6. The van der Waals surface area contributed by atoms with Crippen LogP contribution in [0.4, 0.5) is 5.82 Å². The summed E-state index contributed by atoms with van der Waals surface area (Å²) in [5.41, 5.74) is 1.93. The monoisotopic (exact) mass is 314 g/mol. The standard InChI is InChI=1S/C14H14N6OS/c21-12(20-3-1-11-9(7-20)2-4-22-11)6-15-13-10-5-18-19-14(10)17-8-16-13/h2,4-5,8H,1,3,6-7H2,(H2,15,16,17,18,19). The van der Waals surface area contributed by atoms with Crippen molar-refractivity contribution in [3.05, 3.63) is 34.4 Å². The van der Waals surface area contributed by atoms with Gasteiger partial charge in [0.1, 0.15) is 12.1 Å². The van der Waals surface area contributed by atoms with Crippen molar-refractivity contribution in [3.63, 3.8) is 0 Å². The number of hydrogen-bond donors (Lipinski definition) is 2. The molecule has 2 N–H and O–H groups in total. The van der Waals surface area contributed by atoms with Crippen molar-refractivity contribution in [1.29, 1.82) is 0 Å². The molecular weight excluding hydrogens is 300 g/mol. The zero-order valence-electron chi connectivity index (χ0n) is 11.7. The maximum absolute atomic E-state index is 12.4. The summed E-state index contributed by atoms with van der Waals surface area (Å²) in [5, 5.41) is 12.7. The van der Waals surface area contributed by atoms with Crippen LogP contribution < -0.4 is 5.32 Å². The van der Waals surface area contributed by atoms with E-state index in [0.717, 1.165) is 18.4 Å². The average molecular weight is 314 g/mol. The van der Waals surface area contributed by atoms with E-state index in [2.05, 4.69) is 36.9 Å². The predicted octanol–water partition coefficient (Wildman–Crippen LogP) is 1.41. The molecular formula is C14H14N6OS. The fourth-order valence-electron chi connectivity index (χ4n) is 2.64. The first-order valence-corrected chi connectivity index (χ1v) is 7.90. The van der Waals surface area contributed by atoms with Crippen molar-refractivity contribution in [3.8, 4) is 0 Å². The van der Waals surface area contributed by atoms with Crippen molar-refractivity contribution >= 4 is 34.1 Å². The Morgan fingerprint density at radius 2 is 2.41 bits per heavy atom. The van der Waals surface area contributed by atoms with Gasteiger partial charge in [0.25, 0.3) is 0 Å². The first-order valence-electron chi connectivity index (χ1n) is 7.02. The summed E-state index contributed by atoms with van der Waals surface area (Å²) in [4.78, 5) is 23.9. The van der Waals surface area contributed by atoms with E-state index in [4.69, 9.17) is 0 Å². The molecule has 3 aromatic heterocycles.